The molecule has 3 rings (SSSR count). The number of aromatic nitrogens is 3. The smallest absolute Gasteiger partial charge is 0.236 e. The van der Waals surface area contributed by atoms with Crippen LogP contribution in [0.1, 0.15) is 21.8 Å². The van der Waals surface area contributed by atoms with E-state index in [0.717, 1.165) is 27.3 Å². The molecule has 8 heteroatoms. The van der Waals surface area contributed by atoms with Gasteiger partial charge in [-0.15, -0.1) is 22.0 Å². The minimum Gasteiger partial charge on any atom is -0.357 e. The van der Waals surface area contributed by atoms with E-state index in [1.165, 1.54) is 23.1 Å². The molecule has 0 saturated carbocycles. The van der Waals surface area contributed by atoms with Crippen molar-refractivity contribution in [2.75, 3.05) is 11.1 Å². The van der Waals surface area contributed by atoms with Crippen LogP contribution in [0.25, 0.3) is 10.9 Å². The third-order valence-electron chi connectivity index (χ3n) is 3.60. The van der Waals surface area contributed by atoms with Crippen molar-refractivity contribution in [2.45, 2.75) is 26.5 Å². The average molecular weight is 374 g/mol. The maximum Gasteiger partial charge on any atom is 0.236 e. The Hall–Kier alpha value is -2.19. The van der Waals surface area contributed by atoms with Crippen LogP contribution >= 0.6 is 23.1 Å². The maximum atomic E-state index is 12.3. The van der Waals surface area contributed by atoms with Crippen molar-refractivity contribution in [3.05, 3.63) is 50.3 Å². The highest BCUT2D eigenvalue weighted by Crippen LogP contribution is 2.19. The van der Waals surface area contributed by atoms with Gasteiger partial charge in [0.05, 0.1) is 11.3 Å². The number of aryl methyl sites for hydroxylation is 3. The minimum absolute atomic E-state index is 0.00457. The van der Waals surface area contributed by atoms with Gasteiger partial charge in [0.15, 0.2) is 5.43 Å². The van der Waals surface area contributed by atoms with Gasteiger partial charge in [-0.2, -0.15) is 0 Å². The fourth-order valence-electron chi connectivity index (χ4n) is 2.59. The molecule has 25 heavy (non-hydrogen) atoms. The molecular weight excluding hydrogens is 356 g/mol. The van der Waals surface area contributed by atoms with E-state index in [1.54, 1.807) is 6.07 Å². The molecule has 0 aliphatic rings. The number of pyridine rings is 1. The lowest BCUT2D eigenvalue weighted by Crippen LogP contribution is -2.14. The number of hydrogen-bond donors (Lipinski definition) is 2. The molecule has 130 valence electrons. The lowest BCUT2D eigenvalue weighted by molar-refractivity contribution is -0.113. The number of aromatic amines is 1. The van der Waals surface area contributed by atoms with Gasteiger partial charge >= 0.3 is 0 Å². The molecule has 0 aliphatic heterocycles. The van der Waals surface area contributed by atoms with Crippen molar-refractivity contribution in [3.8, 4) is 0 Å². The Balaban J connectivity index is 1.65. The largest absolute Gasteiger partial charge is 0.357 e. The van der Waals surface area contributed by atoms with Crippen molar-refractivity contribution in [1.29, 1.82) is 0 Å². The Morgan fingerprint density at radius 1 is 1.24 bits per heavy atom. The summed E-state index contributed by atoms with van der Waals surface area (Å²) >= 11 is 2.78. The maximum absolute atomic E-state index is 12.3. The molecule has 2 heterocycles. The van der Waals surface area contributed by atoms with E-state index in [2.05, 4.69) is 20.5 Å². The number of anilines is 1. The first kappa shape index (κ1) is 17.6. The summed E-state index contributed by atoms with van der Waals surface area (Å²) in [6.45, 7) is 5.80. The summed E-state index contributed by atoms with van der Waals surface area (Å²) in [4.78, 5) is 27.6. The number of amides is 1. The van der Waals surface area contributed by atoms with Crippen LogP contribution < -0.4 is 10.7 Å². The predicted molar refractivity (Wildman–Crippen MR) is 103 cm³/mol. The second kappa shape index (κ2) is 7.37. The molecule has 1 aromatic carbocycles. The highest BCUT2D eigenvalue weighted by molar-refractivity contribution is 7.99. The van der Waals surface area contributed by atoms with E-state index in [1.807, 2.05) is 32.9 Å². The quantitative estimate of drug-likeness (QED) is 0.716. The SMILES string of the molecule is Cc1cc(C)c2[nH]c(CSCC(=O)Nc3nnc(C)s3)cc(=O)c2c1. The highest BCUT2D eigenvalue weighted by atomic mass is 32.2. The first-order valence-electron chi connectivity index (χ1n) is 7.73. The number of fused-ring (bicyclic) bond motifs is 1. The van der Waals surface area contributed by atoms with E-state index < -0.39 is 0 Å². The van der Waals surface area contributed by atoms with E-state index in [0.29, 0.717) is 16.3 Å². The highest BCUT2D eigenvalue weighted by Gasteiger charge is 2.09. The van der Waals surface area contributed by atoms with Crippen LogP contribution in [-0.2, 0) is 10.5 Å². The van der Waals surface area contributed by atoms with Crippen LogP contribution in [0, 0.1) is 20.8 Å². The topological polar surface area (TPSA) is 87.7 Å². The summed E-state index contributed by atoms with van der Waals surface area (Å²) in [7, 11) is 0. The zero-order valence-corrected chi connectivity index (χ0v) is 15.8. The Morgan fingerprint density at radius 2 is 2.04 bits per heavy atom. The van der Waals surface area contributed by atoms with E-state index >= 15 is 0 Å². The zero-order valence-electron chi connectivity index (χ0n) is 14.2. The molecule has 0 aliphatic carbocycles. The molecule has 0 unspecified atom stereocenters. The summed E-state index contributed by atoms with van der Waals surface area (Å²) in [6, 6.07) is 5.56. The molecule has 3 aromatic rings. The Morgan fingerprint density at radius 3 is 2.76 bits per heavy atom. The number of benzene rings is 1. The number of nitrogens with one attached hydrogen (secondary N) is 2. The van der Waals surface area contributed by atoms with Gasteiger partial charge < -0.3 is 4.98 Å². The molecule has 0 bridgehead atoms. The molecule has 1 amide bonds. The molecule has 2 aromatic heterocycles. The Labute approximate surface area is 153 Å². The van der Waals surface area contributed by atoms with Gasteiger partial charge in [-0.25, -0.2) is 0 Å². The van der Waals surface area contributed by atoms with Gasteiger partial charge in [0.1, 0.15) is 5.01 Å². The number of carbonyl (C=O) groups excluding carboxylic acids is 1. The summed E-state index contributed by atoms with van der Waals surface area (Å²) in [6.07, 6.45) is 0. The second-order valence-electron chi connectivity index (χ2n) is 5.83. The molecule has 0 saturated heterocycles. The number of thioether (sulfide) groups is 1. The molecule has 0 radical (unpaired) electrons. The van der Waals surface area contributed by atoms with Gasteiger partial charge in [-0.05, 0) is 38.0 Å². The first-order valence-corrected chi connectivity index (χ1v) is 9.70. The van der Waals surface area contributed by atoms with Crippen LogP contribution in [0.2, 0.25) is 0 Å². The van der Waals surface area contributed by atoms with Crippen molar-refractivity contribution in [2.24, 2.45) is 0 Å². The standard InChI is InChI=1S/C17H18N4O2S2/c1-9-4-10(2)16-13(5-9)14(22)6-12(18-16)7-24-8-15(23)19-17-21-20-11(3)25-17/h4-6H,7-8H2,1-3H3,(H,18,22)(H,19,21,23). The Kier molecular flexibility index (Phi) is 5.19. The predicted octanol–water partition coefficient (Wildman–Crippen LogP) is 3.18. The van der Waals surface area contributed by atoms with E-state index in [-0.39, 0.29) is 17.1 Å². The molecule has 2 N–H and O–H groups in total. The number of hydrogen-bond acceptors (Lipinski definition) is 6. The molecule has 0 atom stereocenters. The van der Waals surface area contributed by atoms with Crippen LogP contribution in [-0.4, -0.2) is 26.8 Å². The molecule has 0 spiro atoms. The zero-order chi connectivity index (χ0) is 18.0. The van der Waals surface area contributed by atoms with Gasteiger partial charge in [-0.3, -0.25) is 14.9 Å². The number of H-pyrrole nitrogens is 1. The summed E-state index contributed by atoms with van der Waals surface area (Å²) < 4.78 is 0. The lowest BCUT2D eigenvalue weighted by Gasteiger charge is -2.08. The van der Waals surface area contributed by atoms with Crippen LogP contribution in [0.5, 0.6) is 0 Å². The van der Waals surface area contributed by atoms with Gasteiger partial charge in [0.2, 0.25) is 11.0 Å². The monoisotopic (exact) mass is 374 g/mol. The third-order valence-corrected chi connectivity index (χ3v) is 5.33. The Bertz CT molecular complexity index is 994. The van der Waals surface area contributed by atoms with E-state index in [9.17, 15) is 9.59 Å². The van der Waals surface area contributed by atoms with Gasteiger partial charge in [0, 0.05) is 22.9 Å². The van der Waals surface area contributed by atoms with Gasteiger partial charge in [-0.1, -0.05) is 17.4 Å². The number of carbonyl (C=O) groups is 1. The van der Waals surface area contributed by atoms with Crippen molar-refractivity contribution in [3.63, 3.8) is 0 Å². The first-order chi connectivity index (χ1) is 11.9. The lowest BCUT2D eigenvalue weighted by atomic mass is 10.1. The van der Waals surface area contributed by atoms with Crippen LogP contribution in [0.15, 0.2) is 23.0 Å². The summed E-state index contributed by atoms with van der Waals surface area (Å²) in [5, 5.41) is 12.5. The average Bonchev–Trinajstić information content (AvgIpc) is 2.93. The van der Waals surface area contributed by atoms with Crippen LogP contribution in [0.3, 0.4) is 0 Å². The minimum atomic E-state index is -0.129. The summed E-state index contributed by atoms with van der Waals surface area (Å²) in [5.74, 6) is 0.711. The number of rotatable bonds is 5. The van der Waals surface area contributed by atoms with Crippen molar-refractivity contribution < 1.29 is 4.79 Å². The van der Waals surface area contributed by atoms with Crippen LogP contribution in [0.4, 0.5) is 5.13 Å². The normalized spacial score (nSPS) is 11.0. The number of nitrogens with zero attached hydrogens (tertiary/aromatic N) is 2. The summed E-state index contributed by atoms with van der Waals surface area (Å²) in [5.41, 5.74) is 3.80. The van der Waals surface area contributed by atoms with Gasteiger partial charge in [0.25, 0.3) is 0 Å². The van der Waals surface area contributed by atoms with Crippen molar-refractivity contribution >= 4 is 45.0 Å². The molecular formula is C17H18N4O2S2. The molecule has 0 fully saturated rings. The molecule has 6 nitrogen and oxygen atoms in total. The van der Waals surface area contributed by atoms with E-state index in [4.69, 9.17) is 0 Å². The van der Waals surface area contributed by atoms with Crippen molar-refractivity contribution in [1.82, 2.24) is 15.2 Å². The third kappa shape index (κ3) is 4.26. The fraction of sp³-hybridized carbons (Fsp3) is 0.294. The second-order valence-corrected chi connectivity index (χ2v) is 8.00. The fourth-order valence-corrected chi connectivity index (χ4v) is 3.94.